The van der Waals surface area contributed by atoms with E-state index in [1.165, 1.54) is 0 Å². The highest BCUT2D eigenvalue weighted by molar-refractivity contribution is 5.91. The second-order valence-electron chi connectivity index (χ2n) is 7.28. The molecule has 0 spiro atoms. The number of nitrogens with one attached hydrogen (secondary N) is 1. The van der Waals surface area contributed by atoms with Gasteiger partial charge in [-0.1, -0.05) is 6.07 Å². The van der Waals surface area contributed by atoms with Crippen molar-refractivity contribution in [3.05, 3.63) is 41.2 Å². The third-order valence-electron chi connectivity index (χ3n) is 5.11. The molecular weight excluding hydrogens is 366 g/mol. The van der Waals surface area contributed by atoms with Crippen LogP contribution in [0.25, 0.3) is 11.0 Å². The number of benzene rings is 1. The van der Waals surface area contributed by atoms with E-state index in [0.29, 0.717) is 13.2 Å². The molecule has 7 heteroatoms. The summed E-state index contributed by atoms with van der Waals surface area (Å²) in [6, 6.07) is 8.30. The molecule has 0 aliphatic rings. The van der Waals surface area contributed by atoms with Crippen molar-refractivity contribution < 1.29 is 9.47 Å². The number of imidazole rings is 1. The number of ether oxygens (including phenoxy) is 2. The number of rotatable bonds is 9. The van der Waals surface area contributed by atoms with Crippen LogP contribution in [0.4, 0.5) is 17.3 Å². The second kappa shape index (κ2) is 9.24. The fourth-order valence-corrected chi connectivity index (χ4v) is 3.70. The van der Waals surface area contributed by atoms with Crippen molar-refractivity contribution in [2.45, 2.75) is 20.8 Å². The van der Waals surface area contributed by atoms with Crippen LogP contribution in [-0.4, -0.2) is 55.1 Å². The summed E-state index contributed by atoms with van der Waals surface area (Å²) in [6.07, 6.45) is 0. The minimum absolute atomic E-state index is 0.649. The lowest BCUT2D eigenvalue weighted by molar-refractivity contribution is 0.190. The first-order chi connectivity index (χ1) is 14.0. The SMILES string of the molecule is COCCN(CCOC)c1cccc2nc(Nc3c(C)cc(C)nc3C)n(C)c12. The number of aromatic nitrogens is 3. The van der Waals surface area contributed by atoms with Crippen LogP contribution in [0.3, 0.4) is 0 Å². The van der Waals surface area contributed by atoms with Crippen LogP contribution in [-0.2, 0) is 16.5 Å². The Hall–Kier alpha value is -2.64. The number of hydrogen-bond donors (Lipinski definition) is 1. The van der Waals surface area contributed by atoms with E-state index in [-0.39, 0.29) is 0 Å². The first kappa shape index (κ1) is 21.1. The summed E-state index contributed by atoms with van der Waals surface area (Å²) >= 11 is 0. The van der Waals surface area contributed by atoms with Gasteiger partial charge >= 0.3 is 0 Å². The fourth-order valence-electron chi connectivity index (χ4n) is 3.70. The van der Waals surface area contributed by atoms with E-state index in [2.05, 4.69) is 38.8 Å². The first-order valence-electron chi connectivity index (χ1n) is 9.86. The zero-order valence-electron chi connectivity index (χ0n) is 18.2. The van der Waals surface area contributed by atoms with Crippen molar-refractivity contribution in [1.29, 1.82) is 0 Å². The molecule has 7 nitrogen and oxygen atoms in total. The molecule has 0 atom stereocenters. The molecule has 0 radical (unpaired) electrons. The third kappa shape index (κ3) is 4.52. The Morgan fingerprint density at radius 2 is 1.72 bits per heavy atom. The molecule has 29 heavy (non-hydrogen) atoms. The third-order valence-corrected chi connectivity index (χ3v) is 5.11. The molecule has 0 unspecified atom stereocenters. The Labute approximate surface area is 172 Å². The zero-order chi connectivity index (χ0) is 21.0. The van der Waals surface area contributed by atoms with Crippen molar-refractivity contribution in [1.82, 2.24) is 14.5 Å². The van der Waals surface area contributed by atoms with Crippen LogP contribution >= 0.6 is 0 Å². The van der Waals surface area contributed by atoms with Crippen LogP contribution in [0.1, 0.15) is 17.0 Å². The van der Waals surface area contributed by atoms with E-state index in [1.807, 2.05) is 33.0 Å². The molecule has 2 heterocycles. The topological polar surface area (TPSA) is 64.4 Å². The number of hydrogen-bond acceptors (Lipinski definition) is 6. The maximum Gasteiger partial charge on any atom is 0.208 e. The van der Waals surface area contributed by atoms with Crippen LogP contribution < -0.4 is 10.2 Å². The molecule has 3 aromatic rings. The summed E-state index contributed by atoms with van der Waals surface area (Å²) in [5.74, 6) is 0.794. The summed E-state index contributed by atoms with van der Waals surface area (Å²) in [4.78, 5) is 11.7. The van der Waals surface area contributed by atoms with Gasteiger partial charge in [0.05, 0.1) is 41.3 Å². The average molecular weight is 398 g/mol. The largest absolute Gasteiger partial charge is 0.383 e. The Morgan fingerprint density at radius 3 is 2.34 bits per heavy atom. The number of nitrogens with zero attached hydrogens (tertiary/aromatic N) is 4. The summed E-state index contributed by atoms with van der Waals surface area (Å²) in [7, 11) is 5.49. The first-order valence-corrected chi connectivity index (χ1v) is 9.86. The van der Waals surface area contributed by atoms with Crippen molar-refractivity contribution in [2.24, 2.45) is 7.05 Å². The van der Waals surface area contributed by atoms with Gasteiger partial charge in [-0.2, -0.15) is 0 Å². The smallest absolute Gasteiger partial charge is 0.208 e. The minimum atomic E-state index is 0.649. The molecule has 3 rings (SSSR count). The number of fused-ring (bicyclic) bond motifs is 1. The predicted molar refractivity (Wildman–Crippen MR) is 118 cm³/mol. The van der Waals surface area contributed by atoms with Crippen LogP contribution in [0, 0.1) is 20.8 Å². The van der Waals surface area contributed by atoms with Gasteiger partial charge in [0.15, 0.2) is 0 Å². The molecular formula is C22H31N5O2. The Balaban J connectivity index is 2.02. The van der Waals surface area contributed by atoms with Gasteiger partial charge in [0.2, 0.25) is 5.95 Å². The Bertz CT molecular complexity index is 952. The quantitative estimate of drug-likeness (QED) is 0.593. The van der Waals surface area contributed by atoms with Crippen molar-refractivity contribution in [3.8, 4) is 0 Å². The van der Waals surface area contributed by atoms with E-state index in [0.717, 1.165) is 58.4 Å². The van der Waals surface area contributed by atoms with Gasteiger partial charge in [-0.25, -0.2) is 4.98 Å². The summed E-state index contributed by atoms with van der Waals surface area (Å²) in [5, 5.41) is 3.50. The average Bonchev–Trinajstić information content (AvgIpc) is 3.01. The molecule has 0 aliphatic carbocycles. The lowest BCUT2D eigenvalue weighted by atomic mass is 10.1. The molecule has 1 aromatic carbocycles. The lowest BCUT2D eigenvalue weighted by Crippen LogP contribution is -2.31. The van der Waals surface area contributed by atoms with Crippen molar-refractivity contribution in [3.63, 3.8) is 0 Å². The zero-order valence-corrected chi connectivity index (χ0v) is 18.2. The molecule has 2 aromatic heterocycles. The number of aryl methyl sites for hydroxylation is 4. The summed E-state index contributed by atoms with van der Waals surface area (Å²) in [5.41, 5.74) is 7.30. The van der Waals surface area contributed by atoms with E-state index >= 15 is 0 Å². The maximum absolute atomic E-state index is 5.31. The van der Waals surface area contributed by atoms with E-state index in [1.54, 1.807) is 14.2 Å². The molecule has 0 amide bonds. The number of methoxy groups -OCH3 is 2. The molecule has 156 valence electrons. The molecule has 0 fully saturated rings. The highest BCUT2D eigenvalue weighted by atomic mass is 16.5. The monoisotopic (exact) mass is 397 g/mol. The van der Waals surface area contributed by atoms with Gasteiger partial charge in [-0.15, -0.1) is 0 Å². The predicted octanol–water partition coefficient (Wildman–Crippen LogP) is 3.74. The fraction of sp³-hybridized carbons (Fsp3) is 0.455. The second-order valence-corrected chi connectivity index (χ2v) is 7.28. The van der Waals surface area contributed by atoms with Gasteiger partial charge < -0.3 is 24.3 Å². The van der Waals surface area contributed by atoms with E-state index in [4.69, 9.17) is 14.5 Å². The Morgan fingerprint density at radius 1 is 1.03 bits per heavy atom. The summed E-state index contributed by atoms with van der Waals surface area (Å²) in [6.45, 7) is 9.00. The summed E-state index contributed by atoms with van der Waals surface area (Å²) < 4.78 is 12.7. The molecule has 1 N–H and O–H groups in total. The standard InChI is InChI=1S/C22H31N5O2/c1-15-14-16(2)23-17(3)20(15)25-22-24-18-8-7-9-19(21(18)26(22)4)27(10-12-28-5)11-13-29-6/h7-9,14H,10-13H2,1-6H3,(H,24,25). The highest BCUT2D eigenvalue weighted by Crippen LogP contribution is 2.31. The van der Waals surface area contributed by atoms with Crippen LogP contribution in [0.15, 0.2) is 24.3 Å². The van der Waals surface area contributed by atoms with E-state index < -0.39 is 0 Å². The van der Waals surface area contributed by atoms with Crippen LogP contribution in [0.5, 0.6) is 0 Å². The van der Waals surface area contributed by atoms with Gasteiger partial charge in [-0.3, -0.25) is 4.98 Å². The van der Waals surface area contributed by atoms with Crippen molar-refractivity contribution >= 4 is 28.4 Å². The lowest BCUT2D eigenvalue weighted by Gasteiger charge is -2.25. The highest BCUT2D eigenvalue weighted by Gasteiger charge is 2.17. The molecule has 0 aliphatic heterocycles. The molecule has 0 saturated carbocycles. The molecule has 0 bridgehead atoms. The number of para-hydroxylation sites is 1. The van der Waals surface area contributed by atoms with Gasteiger partial charge in [0.1, 0.15) is 0 Å². The van der Waals surface area contributed by atoms with Crippen LogP contribution in [0.2, 0.25) is 0 Å². The Kier molecular flexibility index (Phi) is 6.71. The van der Waals surface area contributed by atoms with Gasteiger partial charge in [0, 0.05) is 40.1 Å². The number of anilines is 3. The van der Waals surface area contributed by atoms with Gasteiger partial charge in [0.25, 0.3) is 0 Å². The van der Waals surface area contributed by atoms with E-state index in [9.17, 15) is 0 Å². The van der Waals surface area contributed by atoms with Crippen molar-refractivity contribution in [2.75, 3.05) is 50.7 Å². The number of pyridine rings is 1. The normalized spacial score (nSPS) is 11.2. The van der Waals surface area contributed by atoms with Gasteiger partial charge in [-0.05, 0) is 44.5 Å². The molecule has 0 saturated heterocycles. The minimum Gasteiger partial charge on any atom is -0.383 e. The maximum atomic E-state index is 5.31.